The molecule has 1 aromatic carbocycles. The van der Waals surface area contributed by atoms with Gasteiger partial charge in [0, 0.05) is 17.1 Å². The molecule has 1 aliphatic heterocycles. The zero-order valence-electron chi connectivity index (χ0n) is 9.94. The van der Waals surface area contributed by atoms with E-state index in [-0.39, 0.29) is 0 Å². The predicted molar refractivity (Wildman–Crippen MR) is 70.5 cm³/mol. The van der Waals surface area contributed by atoms with Gasteiger partial charge in [0.15, 0.2) is 11.6 Å². The fourth-order valence-electron chi connectivity index (χ4n) is 2.07. The smallest absolute Gasteiger partial charge is 0.195 e. The molecule has 0 radical (unpaired) electrons. The van der Waals surface area contributed by atoms with Gasteiger partial charge in [0.2, 0.25) is 0 Å². The minimum absolute atomic E-state index is 0.313. The first-order valence-electron chi connectivity index (χ1n) is 5.61. The van der Waals surface area contributed by atoms with Gasteiger partial charge in [0.05, 0.1) is 11.7 Å². The summed E-state index contributed by atoms with van der Waals surface area (Å²) in [5.74, 6) is 0.313. The molecular weight excluding hydrogens is 228 g/mol. The van der Waals surface area contributed by atoms with Crippen molar-refractivity contribution in [2.75, 3.05) is 0 Å². The van der Waals surface area contributed by atoms with E-state index in [9.17, 15) is 0 Å². The van der Waals surface area contributed by atoms with Gasteiger partial charge in [0.25, 0.3) is 0 Å². The molecule has 92 valence electrons. The third-order valence-corrected chi connectivity index (χ3v) is 3.22. The maximum atomic E-state index is 6.36. The molecule has 6 nitrogen and oxygen atoms in total. The summed E-state index contributed by atoms with van der Waals surface area (Å²) < 4.78 is 0. The van der Waals surface area contributed by atoms with Crippen molar-refractivity contribution < 1.29 is 0 Å². The van der Waals surface area contributed by atoms with Crippen LogP contribution in [0.25, 0.3) is 10.9 Å². The van der Waals surface area contributed by atoms with Gasteiger partial charge in [-0.1, -0.05) is 12.1 Å². The van der Waals surface area contributed by atoms with Gasteiger partial charge in [-0.05, 0) is 18.6 Å². The molecule has 0 amide bonds. The Morgan fingerprint density at radius 1 is 1.33 bits per heavy atom. The number of aliphatic imine (C=N–C) groups is 1. The lowest BCUT2D eigenvalue weighted by Crippen LogP contribution is -2.45. The van der Waals surface area contributed by atoms with Crippen molar-refractivity contribution in [2.24, 2.45) is 16.5 Å². The number of aromatic amines is 1. The van der Waals surface area contributed by atoms with Crippen LogP contribution in [-0.2, 0) is 5.66 Å². The van der Waals surface area contributed by atoms with Crippen LogP contribution < -0.4 is 16.8 Å². The zero-order chi connectivity index (χ0) is 12.8. The van der Waals surface area contributed by atoms with Crippen molar-refractivity contribution in [3.63, 3.8) is 0 Å². The van der Waals surface area contributed by atoms with Crippen LogP contribution in [0.1, 0.15) is 12.5 Å². The Bertz CT molecular complexity index is 668. The lowest BCUT2D eigenvalue weighted by atomic mass is 9.92. The molecular formula is C12H14N6. The topological polar surface area (TPSA) is 105 Å². The second-order valence-electron chi connectivity index (χ2n) is 4.41. The summed E-state index contributed by atoms with van der Waals surface area (Å²) in [6.45, 7) is 1.92. The molecule has 2 heterocycles. The first kappa shape index (κ1) is 10.8. The Kier molecular flexibility index (Phi) is 2.14. The highest BCUT2D eigenvalue weighted by Gasteiger charge is 2.31. The number of rotatable bonds is 1. The van der Waals surface area contributed by atoms with Crippen molar-refractivity contribution in [3.05, 3.63) is 41.7 Å². The van der Waals surface area contributed by atoms with Gasteiger partial charge in [0.1, 0.15) is 0 Å². The van der Waals surface area contributed by atoms with Crippen molar-refractivity contribution in [2.45, 2.75) is 12.6 Å². The van der Waals surface area contributed by atoms with Crippen LogP contribution in [0, 0.1) is 0 Å². The summed E-state index contributed by atoms with van der Waals surface area (Å²) in [5.41, 5.74) is 13.8. The Balaban J connectivity index is 2.17. The van der Waals surface area contributed by atoms with Crippen LogP contribution in [0.5, 0.6) is 0 Å². The van der Waals surface area contributed by atoms with Gasteiger partial charge in [-0.2, -0.15) is 5.10 Å². The van der Waals surface area contributed by atoms with Crippen LogP contribution in [-0.4, -0.2) is 16.2 Å². The first-order valence-corrected chi connectivity index (χ1v) is 5.61. The lowest BCUT2D eigenvalue weighted by Gasteiger charge is -2.30. The fraction of sp³-hybridized carbons (Fsp3) is 0.167. The van der Waals surface area contributed by atoms with Crippen molar-refractivity contribution in [1.82, 2.24) is 15.5 Å². The summed E-state index contributed by atoms with van der Waals surface area (Å²) in [4.78, 5) is 4.32. The first-order chi connectivity index (χ1) is 8.59. The molecule has 18 heavy (non-hydrogen) atoms. The van der Waals surface area contributed by atoms with E-state index in [1.165, 1.54) is 0 Å². The molecule has 6 N–H and O–H groups in total. The quantitative estimate of drug-likeness (QED) is 0.584. The number of hydrogen-bond donors (Lipinski definition) is 4. The van der Waals surface area contributed by atoms with Crippen LogP contribution in [0.15, 0.2) is 41.2 Å². The number of benzene rings is 1. The van der Waals surface area contributed by atoms with Crippen molar-refractivity contribution in [1.29, 1.82) is 0 Å². The molecule has 0 aliphatic carbocycles. The number of H-pyrrole nitrogens is 1. The van der Waals surface area contributed by atoms with Gasteiger partial charge >= 0.3 is 0 Å². The lowest BCUT2D eigenvalue weighted by molar-refractivity contribution is 0.541. The average molecular weight is 242 g/mol. The summed E-state index contributed by atoms with van der Waals surface area (Å²) in [6, 6.07) is 5.85. The van der Waals surface area contributed by atoms with Crippen LogP contribution >= 0.6 is 0 Å². The number of nitrogens with two attached hydrogens (primary N) is 2. The summed E-state index contributed by atoms with van der Waals surface area (Å²) >= 11 is 0. The van der Waals surface area contributed by atoms with E-state index in [0.717, 1.165) is 22.0 Å². The minimum Gasteiger partial charge on any atom is -0.370 e. The van der Waals surface area contributed by atoms with Crippen molar-refractivity contribution in [3.8, 4) is 0 Å². The molecule has 1 unspecified atom stereocenters. The summed E-state index contributed by atoms with van der Waals surface area (Å²) in [6.07, 6.45) is 3.55. The Hall–Kier alpha value is -2.34. The maximum Gasteiger partial charge on any atom is 0.195 e. The molecule has 0 bridgehead atoms. The average Bonchev–Trinajstić information content (AvgIpc) is 2.81. The number of hydrogen-bond acceptors (Lipinski definition) is 5. The van der Waals surface area contributed by atoms with E-state index in [1.54, 1.807) is 12.4 Å². The van der Waals surface area contributed by atoms with E-state index in [2.05, 4.69) is 20.5 Å². The molecule has 0 spiro atoms. The second kappa shape index (κ2) is 3.58. The Labute approximate surface area is 104 Å². The van der Waals surface area contributed by atoms with Crippen molar-refractivity contribution >= 4 is 16.9 Å². The molecule has 1 aliphatic rings. The van der Waals surface area contributed by atoms with E-state index in [0.29, 0.717) is 5.96 Å². The number of fused-ring (bicyclic) bond motifs is 1. The van der Waals surface area contributed by atoms with E-state index in [4.69, 9.17) is 11.5 Å². The standard InChI is InChI=1S/C12H14N6/c1-7-5-15-11(13)17-12(7,14)9-3-2-8-6-16-18-10(8)4-9/h2-6H,14H2,1H3,(H,16,18)(H3,13,15,17). The predicted octanol–water partition coefficient (Wildman–Crippen LogP) is 0.496. The van der Waals surface area contributed by atoms with Crippen LogP contribution in [0.2, 0.25) is 0 Å². The Morgan fingerprint density at radius 2 is 2.17 bits per heavy atom. The molecule has 0 saturated carbocycles. The second-order valence-corrected chi connectivity index (χ2v) is 4.41. The van der Waals surface area contributed by atoms with Crippen LogP contribution in [0.4, 0.5) is 0 Å². The molecule has 0 saturated heterocycles. The number of guanidine groups is 1. The SMILES string of the molecule is CC1=CNC(N)=NC1(N)c1ccc2cn[nH]c2c1. The molecule has 1 atom stereocenters. The zero-order valence-corrected chi connectivity index (χ0v) is 9.94. The van der Waals surface area contributed by atoms with Crippen LogP contribution in [0.3, 0.4) is 0 Å². The van der Waals surface area contributed by atoms with E-state index < -0.39 is 5.66 Å². The highest BCUT2D eigenvalue weighted by atomic mass is 15.2. The molecule has 2 aromatic rings. The molecule has 0 fully saturated rings. The fourth-order valence-corrected chi connectivity index (χ4v) is 2.07. The highest BCUT2D eigenvalue weighted by Crippen LogP contribution is 2.30. The minimum atomic E-state index is -0.922. The van der Waals surface area contributed by atoms with Gasteiger partial charge in [-0.25, -0.2) is 4.99 Å². The highest BCUT2D eigenvalue weighted by molar-refractivity contribution is 5.82. The largest absolute Gasteiger partial charge is 0.370 e. The third-order valence-electron chi connectivity index (χ3n) is 3.22. The number of nitrogens with one attached hydrogen (secondary N) is 2. The summed E-state index contributed by atoms with van der Waals surface area (Å²) in [7, 11) is 0. The third kappa shape index (κ3) is 1.46. The molecule has 3 rings (SSSR count). The normalized spacial score (nSPS) is 23.4. The number of nitrogens with zero attached hydrogens (tertiary/aromatic N) is 2. The van der Waals surface area contributed by atoms with Gasteiger partial charge in [-0.3, -0.25) is 10.8 Å². The molecule has 1 aromatic heterocycles. The van der Waals surface area contributed by atoms with E-state index in [1.807, 2.05) is 25.1 Å². The van der Waals surface area contributed by atoms with Gasteiger partial charge < -0.3 is 11.1 Å². The summed E-state index contributed by atoms with van der Waals surface area (Å²) in [5, 5.41) is 10.8. The van der Waals surface area contributed by atoms with E-state index >= 15 is 0 Å². The maximum absolute atomic E-state index is 6.36. The van der Waals surface area contributed by atoms with Gasteiger partial charge in [-0.15, -0.1) is 0 Å². The Morgan fingerprint density at radius 3 is 3.00 bits per heavy atom. The number of aromatic nitrogens is 2. The monoisotopic (exact) mass is 242 g/mol. The molecule has 6 heteroatoms.